The minimum Gasteiger partial charge on any atom is -0.465 e. The molecule has 186 valence electrons. The van der Waals surface area contributed by atoms with E-state index in [4.69, 9.17) is 21.1 Å². The molecule has 1 aliphatic heterocycles. The van der Waals surface area contributed by atoms with E-state index in [2.05, 4.69) is 4.90 Å². The zero-order chi connectivity index (χ0) is 24.8. The van der Waals surface area contributed by atoms with E-state index in [1.54, 1.807) is 34.0 Å². The third kappa shape index (κ3) is 6.49. The second-order valence-electron chi connectivity index (χ2n) is 8.18. The second-order valence-corrected chi connectivity index (χ2v) is 11.7. The van der Waals surface area contributed by atoms with Gasteiger partial charge in [-0.05, 0) is 46.8 Å². The number of methoxy groups -OCH3 is 1. The molecule has 1 fully saturated rings. The van der Waals surface area contributed by atoms with Gasteiger partial charge in [-0.3, -0.25) is 4.90 Å². The first-order chi connectivity index (χ1) is 16.9. The van der Waals surface area contributed by atoms with Crippen LogP contribution in [0.3, 0.4) is 0 Å². The number of hydrogen-bond acceptors (Lipinski definition) is 7. The minimum absolute atomic E-state index is 0.229. The van der Waals surface area contributed by atoms with Gasteiger partial charge in [-0.25, -0.2) is 13.2 Å². The summed E-state index contributed by atoms with van der Waals surface area (Å²) in [7, 11) is -2.08. The van der Waals surface area contributed by atoms with Crippen molar-refractivity contribution in [3.63, 3.8) is 0 Å². The van der Waals surface area contributed by atoms with Gasteiger partial charge in [0.25, 0.3) is 10.0 Å². The molecule has 0 spiro atoms. The van der Waals surface area contributed by atoms with Crippen molar-refractivity contribution in [2.24, 2.45) is 0 Å². The highest BCUT2D eigenvalue weighted by Crippen LogP contribution is 2.25. The summed E-state index contributed by atoms with van der Waals surface area (Å²) in [6.45, 7) is 3.08. The molecule has 0 aliphatic carbocycles. The SMILES string of the molecule is COC(=O)c1ccc(CO[C@@H](CN2CCN(S(=O)(=O)c3cccs3)CC2)c2ccc(Cl)cc2)cc1. The monoisotopic (exact) mass is 534 g/mol. The van der Waals surface area contributed by atoms with Crippen molar-refractivity contribution in [3.8, 4) is 0 Å². The van der Waals surface area contributed by atoms with Crippen LogP contribution < -0.4 is 0 Å². The number of thiophene rings is 1. The highest BCUT2D eigenvalue weighted by molar-refractivity contribution is 7.91. The fourth-order valence-corrected chi connectivity index (χ4v) is 6.60. The zero-order valence-electron chi connectivity index (χ0n) is 19.3. The maximum absolute atomic E-state index is 12.8. The summed E-state index contributed by atoms with van der Waals surface area (Å²) in [4.78, 5) is 13.9. The van der Waals surface area contributed by atoms with Crippen molar-refractivity contribution in [2.75, 3.05) is 39.8 Å². The van der Waals surface area contributed by atoms with Crippen LogP contribution in [0.1, 0.15) is 27.6 Å². The van der Waals surface area contributed by atoms with Crippen LogP contribution in [0.4, 0.5) is 0 Å². The molecule has 2 heterocycles. The Hall–Kier alpha value is -2.27. The lowest BCUT2D eigenvalue weighted by molar-refractivity contribution is 0.00772. The summed E-state index contributed by atoms with van der Waals surface area (Å²) in [5.74, 6) is -0.378. The molecule has 1 atom stereocenters. The summed E-state index contributed by atoms with van der Waals surface area (Å²) in [6.07, 6.45) is -0.229. The number of halogens is 1. The Morgan fingerprint density at radius 1 is 1.03 bits per heavy atom. The number of hydrogen-bond donors (Lipinski definition) is 0. The summed E-state index contributed by atoms with van der Waals surface area (Å²) < 4.78 is 38.6. The first kappa shape index (κ1) is 25.8. The molecule has 1 saturated heterocycles. The molecule has 0 radical (unpaired) electrons. The van der Waals surface area contributed by atoms with Gasteiger partial charge in [0.15, 0.2) is 0 Å². The average molecular weight is 535 g/mol. The number of rotatable bonds is 9. The van der Waals surface area contributed by atoms with Gasteiger partial charge >= 0.3 is 5.97 Å². The van der Waals surface area contributed by atoms with Crippen LogP contribution in [-0.2, 0) is 26.1 Å². The van der Waals surface area contributed by atoms with Crippen LogP contribution in [0, 0.1) is 0 Å². The Bertz CT molecular complexity index is 1210. The van der Waals surface area contributed by atoms with Crippen molar-refractivity contribution in [1.29, 1.82) is 0 Å². The molecule has 2 aromatic carbocycles. The molecular formula is C25H27ClN2O5S2. The molecule has 0 N–H and O–H groups in total. The highest BCUT2D eigenvalue weighted by atomic mass is 35.5. The van der Waals surface area contributed by atoms with E-state index >= 15 is 0 Å². The largest absolute Gasteiger partial charge is 0.465 e. The van der Waals surface area contributed by atoms with Crippen LogP contribution in [-0.4, -0.2) is 63.4 Å². The predicted octanol–water partition coefficient (Wildman–Crippen LogP) is 4.45. The van der Waals surface area contributed by atoms with Crippen molar-refractivity contribution >= 4 is 38.9 Å². The van der Waals surface area contributed by atoms with E-state index < -0.39 is 10.0 Å². The summed E-state index contributed by atoms with van der Waals surface area (Å²) in [6, 6.07) is 18.1. The number of carbonyl (C=O) groups excluding carboxylic acids is 1. The zero-order valence-corrected chi connectivity index (χ0v) is 21.7. The summed E-state index contributed by atoms with van der Waals surface area (Å²) >= 11 is 7.33. The van der Waals surface area contributed by atoms with Crippen molar-refractivity contribution < 1.29 is 22.7 Å². The average Bonchev–Trinajstić information content (AvgIpc) is 3.43. The number of benzene rings is 2. The first-order valence-electron chi connectivity index (χ1n) is 11.2. The van der Waals surface area contributed by atoms with Gasteiger partial charge in [0, 0.05) is 37.7 Å². The molecule has 1 aromatic heterocycles. The van der Waals surface area contributed by atoms with E-state index in [0.29, 0.717) is 54.1 Å². The van der Waals surface area contributed by atoms with E-state index in [-0.39, 0.29) is 12.1 Å². The number of ether oxygens (including phenoxy) is 2. The lowest BCUT2D eigenvalue weighted by Crippen LogP contribution is -2.49. The van der Waals surface area contributed by atoms with Gasteiger partial charge in [-0.15, -0.1) is 11.3 Å². The Kier molecular flexibility index (Phi) is 8.59. The Morgan fingerprint density at radius 3 is 2.31 bits per heavy atom. The highest BCUT2D eigenvalue weighted by Gasteiger charge is 2.30. The number of nitrogens with zero attached hydrogens (tertiary/aromatic N) is 2. The maximum atomic E-state index is 12.8. The van der Waals surface area contributed by atoms with Crippen LogP contribution in [0.15, 0.2) is 70.3 Å². The molecule has 10 heteroatoms. The van der Waals surface area contributed by atoms with Crippen molar-refractivity contribution in [3.05, 3.63) is 87.8 Å². The Labute approximate surface area is 214 Å². The smallest absolute Gasteiger partial charge is 0.337 e. The molecule has 0 saturated carbocycles. The lowest BCUT2D eigenvalue weighted by Gasteiger charge is -2.35. The first-order valence-corrected chi connectivity index (χ1v) is 13.9. The van der Waals surface area contributed by atoms with Gasteiger partial charge in [0.2, 0.25) is 0 Å². The number of carbonyl (C=O) groups is 1. The molecule has 3 aromatic rings. The van der Waals surface area contributed by atoms with E-state index in [1.807, 2.05) is 36.4 Å². The van der Waals surface area contributed by atoms with Gasteiger partial charge in [0.1, 0.15) is 4.21 Å². The lowest BCUT2D eigenvalue weighted by atomic mass is 10.1. The summed E-state index contributed by atoms with van der Waals surface area (Å²) in [5.41, 5.74) is 2.42. The topological polar surface area (TPSA) is 76.2 Å². The predicted molar refractivity (Wildman–Crippen MR) is 136 cm³/mol. The molecule has 1 aliphatic rings. The second kappa shape index (κ2) is 11.6. The minimum atomic E-state index is -3.44. The van der Waals surface area contributed by atoms with Crippen LogP contribution in [0.25, 0.3) is 0 Å². The molecule has 0 bridgehead atoms. The number of sulfonamides is 1. The molecular weight excluding hydrogens is 508 g/mol. The van der Waals surface area contributed by atoms with Crippen LogP contribution in [0.5, 0.6) is 0 Å². The quantitative estimate of drug-likeness (QED) is 0.377. The standard InChI is InChI=1S/C25H27ClN2O5S2/c1-32-25(29)21-6-4-19(5-7-21)18-33-23(20-8-10-22(26)11-9-20)17-27-12-14-28(15-13-27)35(30,31)24-3-2-16-34-24/h2-11,16,23H,12-15,17-18H2,1H3/t23-/m0/s1. The fraction of sp³-hybridized carbons (Fsp3) is 0.320. The van der Waals surface area contributed by atoms with E-state index in [0.717, 1.165) is 11.1 Å². The molecule has 4 rings (SSSR count). The van der Waals surface area contributed by atoms with E-state index in [9.17, 15) is 13.2 Å². The Balaban J connectivity index is 1.40. The third-order valence-corrected chi connectivity index (χ3v) is 9.44. The number of esters is 1. The molecule has 7 nitrogen and oxygen atoms in total. The normalized spacial score (nSPS) is 16.2. The Morgan fingerprint density at radius 2 is 1.71 bits per heavy atom. The number of piperazine rings is 1. The van der Waals surface area contributed by atoms with Gasteiger partial charge < -0.3 is 9.47 Å². The van der Waals surface area contributed by atoms with Crippen LogP contribution >= 0.6 is 22.9 Å². The van der Waals surface area contributed by atoms with Crippen molar-refractivity contribution in [2.45, 2.75) is 16.9 Å². The maximum Gasteiger partial charge on any atom is 0.337 e. The van der Waals surface area contributed by atoms with Gasteiger partial charge in [-0.2, -0.15) is 4.31 Å². The third-order valence-electron chi connectivity index (χ3n) is 5.91. The summed E-state index contributed by atoms with van der Waals surface area (Å²) in [5, 5.41) is 2.43. The molecule has 0 unspecified atom stereocenters. The van der Waals surface area contributed by atoms with E-state index in [1.165, 1.54) is 18.4 Å². The van der Waals surface area contributed by atoms with Gasteiger partial charge in [0.05, 0.1) is 25.4 Å². The van der Waals surface area contributed by atoms with Gasteiger partial charge in [-0.1, -0.05) is 41.9 Å². The fourth-order valence-electron chi connectivity index (χ4n) is 3.91. The van der Waals surface area contributed by atoms with Crippen molar-refractivity contribution in [1.82, 2.24) is 9.21 Å². The van der Waals surface area contributed by atoms with Crippen LogP contribution in [0.2, 0.25) is 5.02 Å². The molecule has 0 amide bonds. The molecule has 35 heavy (non-hydrogen) atoms.